The van der Waals surface area contributed by atoms with Crippen molar-refractivity contribution < 1.29 is 14.3 Å². The molecule has 0 bridgehead atoms. The molecule has 5 nitrogen and oxygen atoms in total. The molecule has 1 aromatic rings. The summed E-state index contributed by atoms with van der Waals surface area (Å²) in [4.78, 5) is 11.7. The van der Waals surface area contributed by atoms with E-state index in [1.54, 1.807) is 7.11 Å². The highest BCUT2D eigenvalue weighted by Crippen LogP contribution is 2.36. The number of rotatable bonds is 8. The van der Waals surface area contributed by atoms with Gasteiger partial charge in [0.25, 0.3) is 5.91 Å². The Morgan fingerprint density at radius 3 is 2.71 bits per heavy atom. The highest BCUT2D eigenvalue weighted by molar-refractivity contribution is 9.10. The minimum absolute atomic E-state index is 0.0437. The van der Waals surface area contributed by atoms with Crippen LogP contribution in [-0.4, -0.2) is 32.7 Å². The normalized spacial score (nSPS) is 10.6. The summed E-state index contributed by atoms with van der Waals surface area (Å²) in [6, 6.07) is 3.80. The van der Waals surface area contributed by atoms with Crippen molar-refractivity contribution in [1.82, 2.24) is 5.32 Å². The fourth-order valence-electron chi connectivity index (χ4n) is 1.73. The minimum atomic E-state index is -0.149. The van der Waals surface area contributed by atoms with Gasteiger partial charge in [-0.25, -0.2) is 0 Å². The Balaban J connectivity index is 2.71. The zero-order valence-electron chi connectivity index (χ0n) is 12.7. The molecule has 0 radical (unpaired) electrons. The number of nitrogens with one attached hydrogen (secondary N) is 1. The molecule has 0 aliphatic heterocycles. The van der Waals surface area contributed by atoms with Crippen LogP contribution in [0.4, 0.5) is 0 Å². The maximum atomic E-state index is 11.7. The van der Waals surface area contributed by atoms with Crippen LogP contribution < -0.4 is 20.5 Å². The predicted octanol–water partition coefficient (Wildman–Crippen LogP) is 2.11. The maximum Gasteiger partial charge on any atom is 0.257 e. The second-order valence-electron chi connectivity index (χ2n) is 5.13. The lowest BCUT2D eigenvalue weighted by Crippen LogP contribution is -2.31. The van der Waals surface area contributed by atoms with Crippen LogP contribution in [0.15, 0.2) is 16.6 Å². The first kappa shape index (κ1) is 17.8. The average Bonchev–Trinajstić information content (AvgIpc) is 2.43. The highest BCUT2D eigenvalue weighted by Gasteiger charge is 2.13. The first-order valence-electron chi connectivity index (χ1n) is 6.93. The van der Waals surface area contributed by atoms with E-state index in [2.05, 4.69) is 21.2 Å². The number of hydrogen-bond donors (Lipinski definition) is 2. The predicted molar refractivity (Wildman–Crippen MR) is 86.8 cm³/mol. The summed E-state index contributed by atoms with van der Waals surface area (Å²) >= 11 is 3.44. The Morgan fingerprint density at radius 2 is 2.14 bits per heavy atom. The monoisotopic (exact) mass is 358 g/mol. The highest BCUT2D eigenvalue weighted by atomic mass is 79.9. The van der Waals surface area contributed by atoms with Crippen LogP contribution in [0.1, 0.15) is 19.4 Å². The van der Waals surface area contributed by atoms with E-state index in [-0.39, 0.29) is 12.5 Å². The molecular weight excluding hydrogens is 336 g/mol. The van der Waals surface area contributed by atoms with Crippen LogP contribution in [0.5, 0.6) is 11.5 Å². The molecule has 1 rings (SSSR count). The lowest BCUT2D eigenvalue weighted by molar-refractivity contribution is -0.123. The van der Waals surface area contributed by atoms with E-state index in [1.165, 1.54) is 0 Å². The van der Waals surface area contributed by atoms with Gasteiger partial charge in [-0.3, -0.25) is 4.79 Å². The standard InChI is InChI=1S/C15H23BrN2O3/c1-10(2)8-18-14(19)9-21-15-12(16)6-11(4-5-17)7-13(15)20-3/h6-7,10H,4-5,8-9,17H2,1-3H3,(H,18,19). The summed E-state index contributed by atoms with van der Waals surface area (Å²) in [7, 11) is 1.57. The number of methoxy groups -OCH3 is 1. The second kappa shape index (κ2) is 8.89. The molecule has 0 aliphatic rings. The van der Waals surface area contributed by atoms with E-state index < -0.39 is 0 Å². The fourth-order valence-corrected chi connectivity index (χ4v) is 2.33. The Labute approximate surface area is 134 Å². The first-order valence-corrected chi connectivity index (χ1v) is 7.73. The van der Waals surface area contributed by atoms with Crippen molar-refractivity contribution in [3.63, 3.8) is 0 Å². The Hall–Kier alpha value is -1.27. The van der Waals surface area contributed by atoms with E-state index in [4.69, 9.17) is 15.2 Å². The van der Waals surface area contributed by atoms with Crippen LogP contribution in [-0.2, 0) is 11.2 Å². The van der Waals surface area contributed by atoms with Gasteiger partial charge in [0.2, 0.25) is 0 Å². The number of benzene rings is 1. The molecule has 1 amide bonds. The molecule has 0 unspecified atom stereocenters. The van der Waals surface area contributed by atoms with Gasteiger partial charge in [0.05, 0.1) is 11.6 Å². The maximum absolute atomic E-state index is 11.7. The topological polar surface area (TPSA) is 73.6 Å². The van der Waals surface area contributed by atoms with Crippen molar-refractivity contribution in [2.24, 2.45) is 11.7 Å². The SMILES string of the molecule is COc1cc(CCN)cc(Br)c1OCC(=O)NCC(C)C. The van der Waals surface area contributed by atoms with Crippen molar-refractivity contribution in [1.29, 1.82) is 0 Å². The van der Waals surface area contributed by atoms with Gasteiger partial charge in [0.1, 0.15) is 0 Å². The zero-order valence-corrected chi connectivity index (χ0v) is 14.3. The summed E-state index contributed by atoms with van der Waals surface area (Å²) in [6.45, 7) is 5.23. The molecule has 6 heteroatoms. The van der Waals surface area contributed by atoms with Crippen LogP contribution in [0, 0.1) is 5.92 Å². The molecule has 0 saturated carbocycles. The van der Waals surface area contributed by atoms with Gasteiger partial charge in [-0.2, -0.15) is 0 Å². The van der Waals surface area contributed by atoms with Crippen molar-refractivity contribution in [2.75, 3.05) is 26.8 Å². The van der Waals surface area contributed by atoms with Crippen molar-refractivity contribution in [2.45, 2.75) is 20.3 Å². The Kier molecular flexibility index (Phi) is 7.53. The third kappa shape index (κ3) is 5.93. The van der Waals surface area contributed by atoms with E-state index in [0.29, 0.717) is 30.5 Å². The summed E-state index contributed by atoms with van der Waals surface area (Å²) in [6.07, 6.45) is 0.754. The minimum Gasteiger partial charge on any atom is -0.493 e. The van der Waals surface area contributed by atoms with Gasteiger partial charge in [0.15, 0.2) is 18.1 Å². The third-order valence-electron chi connectivity index (χ3n) is 2.78. The van der Waals surface area contributed by atoms with Gasteiger partial charge >= 0.3 is 0 Å². The van der Waals surface area contributed by atoms with Crippen molar-refractivity contribution in [3.8, 4) is 11.5 Å². The van der Waals surface area contributed by atoms with Crippen molar-refractivity contribution in [3.05, 3.63) is 22.2 Å². The van der Waals surface area contributed by atoms with Crippen LogP contribution in [0.3, 0.4) is 0 Å². The molecule has 0 saturated heterocycles. The number of amides is 1. The molecule has 0 atom stereocenters. The van der Waals surface area contributed by atoms with E-state index >= 15 is 0 Å². The summed E-state index contributed by atoms with van der Waals surface area (Å²) in [5.41, 5.74) is 6.61. The lowest BCUT2D eigenvalue weighted by atomic mass is 10.1. The molecule has 3 N–H and O–H groups in total. The smallest absolute Gasteiger partial charge is 0.257 e. The summed E-state index contributed by atoms with van der Waals surface area (Å²) in [5, 5.41) is 2.80. The number of nitrogens with two attached hydrogens (primary N) is 1. The van der Waals surface area contributed by atoms with E-state index in [9.17, 15) is 4.79 Å². The molecule has 0 heterocycles. The quantitative estimate of drug-likeness (QED) is 0.746. The number of ether oxygens (including phenoxy) is 2. The molecular formula is C15H23BrN2O3. The number of carbonyl (C=O) groups excluding carboxylic acids is 1. The third-order valence-corrected chi connectivity index (χ3v) is 3.37. The van der Waals surface area contributed by atoms with Crippen LogP contribution in [0.2, 0.25) is 0 Å². The first-order chi connectivity index (χ1) is 9.97. The van der Waals surface area contributed by atoms with Gasteiger partial charge in [-0.1, -0.05) is 13.8 Å². The number of halogens is 1. The molecule has 21 heavy (non-hydrogen) atoms. The van der Waals surface area contributed by atoms with Crippen LogP contribution >= 0.6 is 15.9 Å². The van der Waals surface area contributed by atoms with E-state index in [1.807, 2.05) is 26.0 Å². The number of hydrogen-bond acceptors (Lipinski definition) is 4. The summed E-state index contributed by atoms with van der Waals surface area (Å²) < 4.78 is 11.6. The lowest BCUT2D eigenvalue weighted by Gasteiger charge is -2.14. The van der Waals surface area contributed by atoms with Crippen LogP contribution in [0.25, 0.3) is 0 Å². The van der Waals surface area contributed by atoms with Gasteiger partial charge in [0, 0.05) is 6.54 Å². The fraction of sp³-hybridized carbons (Fsp3) is 0.533. The van der Waals surface area contributed by atoms with Gasteiger partial charge < -0.3 is 20.5 Å². The second-order valence-corrected chi connectivity index (χ2v) is 5.99. The summed E-state index contributed by atoms with van der Waals surface area (Å²) in [5.74, 6) is 1.37. The molecule has 1 aromatic carbocycles. The largest absolute Gasteiger partial charge is 0.493 e. The Morgan fingerprint density at radius 1 is 1.43 bits per heavy atom. The van der Waals surface area contributed by atoms with Gasteiger partial charge in [-0.05, 0) is 52.5 Å². The average molecular weight is 359 g/mol. The molecule has 0 aromatic heterocycles. The van der Waals surface area contributed by atoms with Gasteiger partial charge in [-0.15, -0.1) is 0 Å². The molecule has 0 fully saturated rings. The molecule has 118 valence electrons. The number of carbonyl (C=O) groups is 1. The van der Waals surface area contributed by atoms with E-state index in [0.717, 1.165) is 16.5 Å². The molecule has 0 spiro atoms. The zero-order chi connectivity index (χ0) is 15.8. The van der Waals surface area contributed by atoms with Crippen molar-refractivity contribution >= 4 is 21.8 Å². The molecule has 0 aliphatic carbocycles. The Bertz CT molecular complexity index is 478.